The third-order valence-electron chi connectivity index (χ3n) is 5.44. The Bertz CT molecular complexity index is 1400. The maximum absolute atomic E-state index is 12.8. The third-order valence-corrected chi connectivity index (χ3v) is 7.13. The van der Waals surface area contributed by atoms with Crippen LogP contribution in [0.15, 0.2) is 78.3 Å². The van der Waals surface area contributed by atoms with Gasteiger partial charge in [-0.15, -0.1) is 0 Å². The number of hydrogen-bond donors (Lipinski definition) is 1. The van der Waals surface area contributed by atoms with Crippen LogP contribution in [-0.4, -0.2) is 34.9 Å². The normalized spacial score (nSPS) is 13.4. The lowest BCUT2D eigenvalue weighted by molar-refractivity contribution is 0.601. The van der Waals surface area contributed by atoms with Crippen LogP contribution < -0.4 is 9.62 Å². The maximum Gasteiger partial charge on any atom is 0.261 e. The molecule has 0 saturated carbocycles. The molecular formula is C23H19ClN6O2S. The van der Waals surface area contributed by atoms with E-state index in [1.54, 1.807) is 49.2 Å². The molecule has 5 rings (SSSR count). The molecule has 0 aliphatic carbocycles. The van der Waals surface area contributed by atoms with E-state index in [4.69, 9.17) is 11.6 Å². The van der Waals surface area contributed by atoms with E-state index in [2.05, 4.69) is 29.6 Å². The Balaban J connectivity index is 1.45. The molecule has 0 radical (unpaired) electrons. The minimum Gasteiger partial charge on any atom is -0.365 e. The molecule has 4 aromatic rings. The van der Waals surface area contributed by atoms with Gasteiger partial charge in [0.2, 0.25) is 0 Å². The van der Waals surface area contributed by atoms with Crippen molar-refractivity contribution in [1.82, 2.24) is 19.9 Å². The Morgan fingerprint density at radius 1 is 1.00 bits per heavy atom. The minimum absolute atomic E-state index is 0.0801. The molecule has 166 valence electrons. The summed E-state index contributed by atoms with van der Waals surface area (Å²) in [5, 5.41) is 0.0801. The van der Waals surface area contributed by atoms with Crippen molar-refractivity contribution in [3.8, 4) is 11.3 Å². The lowest BCUT2D eigenvalue weighted by Crippen LogP contribution is -2.32. The summed E-state index contributed by atoms with van der Waals surface area (Å²) in [4.78, 5) is 19.5. The van der Waals surface area contributed by atoms with Crippen LogP contribution in [0.4, 0.5) is 11.4 Å². The average Bonchev–Trinajstić information content (AvgIpc) is 2.85. The molecule has 3 aromatic heterocycles. The van der Waals surface area contributed by atoms with Gasteiger partial charge in [-0.2, -0.15) is 0 Å². The van der Waals surface area contributed by atoms with Gasteiger partial charge in [0.25, 0.3) is 10.0 Å². The summed E-state index contributed by atoms with van der Waals surface area (Å²) in [6.07, 6.45) is 7.43. The van der Waals surface area contributed by atoms with Crippen LogP contribution >= 0.6 is 11.6 Å². The quantitative estimate of drug-likeness (QED) is 0.433. The second kappa shape index (κ2) is 8.76. The maximum atomic E-state index is 12.8. The van der Waals surface area contributed by atoms with E-state index in [-0.39, 0.29) is 15.7 Å². The van der Waals surface area contributed by atoms with Crippen LogP contribution in [0.2, 0.25) is 5.15 Å². The highest BCUT2D eigenvalue weighted by molar-refractivity contribution is 7.92. The van der Waals surface area contributed by atoms with E-state index < -0.39 is 10.0 Å². The zero-order chi connectivity index (χ0) is 22.8. The molecule has 0 spiro atoms. The molecular weight excluding hydrogens is 460 g/mol. The molecule has 0 amide bonds. The highest BCUT2D eigenvalue weighted by Gasteiger charge is 2.24. The van der Waals surface area contributed by atoms with E-state index in [0.29, 0.717) is 13.1 Å². The molecule has 1 aliphatic heterocycles. The second-order valence-corrected chi connectivity index (χ2v) is 9.55. The number of rotatable bonds is 5. The van der Waals surface area contributed by atoms with Gasteiger partial charge in [-0.05, 0) is 30.3 Å². The first-order chi connectivity index (χ1) is 16.0. The van der Waals surface area contributed by atoms with Gasteiger partial charge in [-0.3, -0.25) is 9.71 Å². The molecule has 8 nitrogen and oxygen atoms in total. The Morgan fingerprint density at radius 3 is 2.58 bits per heavy atom. The molecule has 0 saturated heterocycles. The SMILES string of the molecule is O=S(=O)(Nc1cc(N2CCc3ncnc(-c4ccncc4)c3C2)cnc1Cl)c1ccccc1. The summed E-state index contributed by atoms with van der Waals surface area (Å²) in [5.74, 6) is 0. The van der Waals surface area contributed by atoms with E-state index in [9.17, 15) is 8.42 Å². The number of fused-ring (bicyclic) bond motifs is 1. The number of hydrogen-bond acceptors (Lipinski definition) is 7. The molecule has 33 heavy (non-hydrogen) atoms. The first-order valence-corrected chi connectivity index (χ1v) is 12.1. The highest BCUT2D eigenvalue weighted by Crippen LogP contribution is 2.32. The summed E-state index contributed by atoms with van der Waals surface area (Å²) < 4.78 is 28.1. The van der Waals surface area contributed by atoms with E-state index >= 15 is 0 Å². The van der Waals surface area contributed by atoms with Crippen molar-refractivity contribution in [2.45, 2.75) is 17.9 Å². The van der Waals surface area contributed by atoms with Crippen molar-refractivity contribution < 1.29 is 8.42 Å². The van der Waals surface area contributed by atoms with Gasteiger partial charge in [0.1, 0.15) is 6.33 Å². The summed E-state index contributed by atoms with van der Waals surface area (Å²) in [6.45, 7) is 1.26. The topological polar surface area (TPSA) is 101 Å². The summed E-state index contributed by atoms with van der Waals surface area (Å²) in [7, 11) is -3.79. The van der Waals surface area contributed by atoms with Gasteiger partial charge in [-0.1, -0.05) is 29.8 Å². The van der Waals surface area contributed by atoms with Crippen molar-refractivity contribution in [2.24, 2.45) is 0 Å². The Kier molecular flexibility index (Phi) is 5.65. The van der Waals surface area contributed by atoms with Gasteiger partial charge >= 0.3 is 0 Å². The number of benzene rings is 1. The van der Waals surface area contributed by atoms with Crippen LogP contribution in [0.1, 0.15) is 11.3 Å². The van der Waals surface area contributed by atoms with Gasteiger partial charge in [0, 0.05) is 43.0 Å². The number of pyridine rings is 2. The highest BCUT2D eigenvalue weighted by atomic mass is 35.5. The fraction of sp³-hybridized carbons (Fsp3) is 0.130. The van der Waals surface area contributed by atoms with Crippen molar-refractivity contribution in [2.75, 3.05) is 16.2 Å². The van der Waals surface area contributed by atoms with Crippen LogP contribution in [-0.2, 0) is 23.0 Å². The van der Waals surface area contributed by atoms with Crippen molar-refractivity contribution in [3.63, 3.8) is 0 Å². The molecule has 4 heterocycles. The zero-order valence-electron chi connectivity index (χ0n) is 17.4. The summed E-state index contributed by atoms with van der Waals surface area (Å²) >= 11 is 6.23. The van der Waals surface area contributed by atoms with Gasteiger partial charge in [0.05, 0.1) is 33.9 Å². The predicted molar refractivity (Wildman–Crippen MR) is 127 cm³/mol. The van der Waals surface area contributed by atoms with Crippen molar-refractivity contribution in [1.29, 1.82) is 0 Å². The van der Waals surface area contributed by atoms with E-state index in [1.807, 2.05) is 12.1 Å². The third kappa shape index (κ3) is 4.37. The number of aromatic nitrogens is 4. The number of nitrogens with one attached hydrogen (secondary N) is 1. The van der Waals surface area contributed by atoms with Gasteiger partial charge < -0.3 is 4.90 Å². The van der Waals surface area contributed by atoms with Gasteiger partial charge in [0.15, 0.2) is 5.15 Å². The average molecular weight is 479 g/mol. The lowest BCUT2D eigenvalue weighted by atomic mass is 9.99. The van der Waals surface area contributed by atoms with Crippen molar-refractivity contribution in [3.05, 3.63) is 89.9 Å². The number of halogens is 1. The molecule has 0 bridgehead atoms. The smallest absolute Gasteiger partial charge is 0.261 e. The second-order valence-electron chi connectivity index (χ2n) is 7.51. The molecule has 1 aromatic carbocycles. The lowest BCUT2D eigenvalue weighted by Gasteiger charge is -2.31. The van der Waals surface area contributed by atoms with Crippen LogP contribution in [0.25, 0.3) is 11.3 Å². The molecule has 1 aliphatic rings. The first-order valence-electron chi connectivity index (χ1n) is 10.2. The molecule has 10 heteroatoms. The Morgan fingerprint density at radius 2 is 1.79 bits per heavy atom. The standard InChI is InChI=1S/C23H19ClN6O2S/c24-23-21(29-33(31,32)18-4-2-1-3-5-18)12-17(13-26-23)30-11-8-20-19(14-30)22(28-15-27-20)16-6-9-25-10-7-16/h1-7,9-10,12-13,15,29H,8,11,14H2. The fourth-order valence-electron chi connectivity index (χ4n) is 3.80. The fourth-order valence-corrected chi connectivity index (χ4v) is 5.09. The van der Waals surface area contributed by atoms with E-state index in [1.165, 1.54) is 12.1 Å². The monoisotopic (exact) mass is 478 g/mol. The van der Waals surface area contributed by atoms with Crippen LogP contribution in [0.3, 0.4) is 0 Å². The number of sulfonamides is 1. The number of nitrogens with zero attached hydrogens (tertiary/aromatic N) is 5. The number of anilines is 2. The molecule has 0 atom stereocenters. The minimum atomic E-state index is -3.79. The Labute approximate surface area is 196 Å². The summed E-state index contributed by atoms with van der Waals surface area (Å²) in [6, 6.07) is 13.7. The van der Waals surface area contributed by atoms with Crippen molar-refractivity contribution >= 4 is 33.0 Å². The first kappa shape index (κ1) is 21.3. The Hall–Kier alpha value is -3.56. The molecule has 0 fully saturated rings. The largest absolute Gasteiger partial charge is 0.365 e. The van der Waals surface area contributed by atoms with Gasteiger partial charge in [-0.25, -0.2) is 23.4 Å². The zero-order valence-corrected chi connectivity index (χ0v) is 19.0. The van der Waals surface area contributed by atoms with E-state index in [0.717, 1.165) is 34.6 Å². The molecule has 0 unspecified atom stereocenters. The van der Waals surface area contributed by atoms with Crippen LogP contribution in [0.5, 0.6) is 0 Å². The predicted octanol–water partition coefficient (Wildman–Crippen LogP) is 3.95. The van der Waals surface area contributed by atoms with Crippen LogP contribution in [0, 0.1) is 0 Å². The summed E-state index contributed by atoms with van der Waals surface area (Å²) in [5.41, 5.74) is 4.83. The molecule has 1 N–H and O–H groups in total.